The van der Waals surface area contributed by atoms with E-state index in [4.69, 9.17) is 0 Å². The van der Waals surface area contributed by atoms with Gasteiger partial charge in [-0.1, -0.05) is 48.5 Å². The highest BCUT2D eigenvalue weighted by molar-refractivity contribution is 8.18. The van der Waals surface area contributed by atoms with Gasteiger partial charge in [-0.05, 0) is 42.3 Å². The van der Waals surface area contributed by atoms with Crippen LogP contribution >= 0.6 is 11.8 Å². The van der Waals surface area contributed by atoms with E-state index in [0.29, 0.717) is 0 Å². The summed E-state index contributed by atoms with van der Waals surface area (Å²) in [6.45, 7) is 0.258. The van der Waals surface area contributed by atoms with Crippen molar-refractivity contribution >= 4 is 34.9 Å². The van der Waals surface area contributed by atoms with E-state index in [1.807, 2.05) is 30.3 Å². The number of amides is 3. The molecular weight excluding hydrogens is 391 g/mol. The number of rotatable bonds is 6. The Morgan fingerprint density at radius 3 is 2.48 bits per heavy atom. The van der Waals surface area contributed by atoms with Crippen molar-refractivity contribution in [3.05, 3.63) is 76.4 Å². The molecule has 29 heavy (non-hydrogen) atoms. The number of hydrogen-bond donors (Lipinski definition) is 1. The molecule has 3 amide bonds. The predicted molar refractivity (Wildman–Crippen MR) is 109 cm³/mol. The molecule has 1 saturated heterocycles. The second-order valence-corrected chi connectivity index (χ2v) is 8.05. The molecule has 1 heterocycles. The molecule has 2 fully saturated rings. The highest BCUT2D eigenvalue weighted by Gasteiger charge is 2.51. The molecule has 2 aromatic rings. The van der Waals surface area contributed by atoms with Crippen molar-refractivity contribution in [2.45, 2.75) is 18.3 Å². The molecule has 5 nitrogen and oxygen atoms in total. The number of nitrogens with one attached hydrogen (secondary N) is 1. The molecule has 1 aliphatic carbocycles. The lowest BCUT2D eigenvalue weighted by Gasteiger charge is -2.17. The maximum absolute atomic E-state index is 13.8. The average Bonchev–Trinajstić information content (AvgIpc) is 3.50. The summed E-state index contributed by atoms with van der Waals surface area (Å²) in [7, 11) is 0. The van der Waals surface area contributed by atoms with Crippen LogP contribution in [0.1, 0.15) is 24.0 Å². The van der Waals surface area contributed by atoms with E-state index < -0.39 is 22.4 Å². The number of halogens is 1. The number of benzene rings is 2. The molecule has 1 N–H and O–H groups in total. The Labute approximate surface area is 172 Å². The van der Waals surface area contributed by atoms with Crippen LogP contribution in [-0.4, -0.2) is 35.0 Å². The van der Waals surface area contributed by atoms with Gasteiger partial charge < -0.3 is 5.32 Å². The molecule has 0 unspecified atom stereocenters. The molecule has 1 saturated carbocycles. The number of imide groups is 1. The average molecular weight is 410 g/mol. The predicted octanol–water partition coefficient (Wildman–Crippen LogP) is 3.71. The van der Waals surface area contributed by atoms with Gasteiger partial charge in [-0.3, -0.25) is 19.3 Å². The summed E-state index contributed by atoms with van der Waals surface area (Å²) in [4.78, 5) is 38.6. The first-order chi connectivity index (χ1) is 14.0. The van der Waals surface area contributed by atoms with Crippen LogP contribution in [0.2, 0.25) is 0 Å². The monoisotopic (exact) mass is 410 g/mol. The van der Waals surface area contributed by atoms with Crippen molar-refractivity contribution in [1.29, 1.82) is 0 Å². The zero-order chi connectivity index (χ0) is 20.4. The third kappa shape index (κ3) is 3.82. The van der Waals surface area contributed by atoms with Gasteiger partial charge in [0.2, 0.25) is 5.91 Å². The van der Waals surface area contributed by atoms with E-state index in [2.05, 4.69) is 5.32 Å². The first-order valence-electron chi connectivity index (χ1n) is 9.35. The van der Waals surface area contributed by atoms with Gasteiger partial charge in [0.25, 0.3) is 11.1 Å². The fraction of sp³-hybridized carbons (Fsp3) is 0.227. The van der Waals surface area contributed by atoms with E-state index in [-0.39, 0.29) is 29.5 Å². The summed E-state index contributed by atoms with van der Waals surface area (Å²) >= 11 is 0.778. The van der Waals surface area contributed by atoms with Crippen molar-refractivity contribution in [1.82, 2.24) is 10.2 Å². The zero-order valence-corrected chi connectivity index (χ0v) is 16.4. The molecule has 0 spiro atoms. The van der Waals surface area contributed by atoms with Crippen LogP contribution in [0.4, 0.5) is 9.18 Å². The summed E-state index contributed by atoms with van der Waals surface area (Å²) in [5, 5.41) is 2.43. The number of carbonyl (C=O) groups is 3. The van der Waals surface area contributed by atoms with E-state index in [1.54, 1.807) is 18.2 Å². The highest BCUT2D eigenvalue weighted by Crippen LogP contribution is 2.48. The van der Waals surface area contributed by atoms with E-state index >= 15 is 0 Å². The Hall–Kier alpha value is -2.93. The molecule has 4 rings (SSSR count). The van der Waals surface area contributed by atoms with E-state index in [1.165, 1.54) is 12.1 Å². The van der Waals surface area contributed by atoms with Crippen LogP contribution in [0.25, 0.3) is 6.08 Å². The second-order valence-electron chi connectivity index (χ2n) is 7.06. The van der Waals surface area contributed by atoms with Gasteiger partial charge >= 0.3 is 0 Å². The minimum atomic E-state index is -0.495. The van der Waals surface area contributed by atoms with Crippen LogP contribution in [0.3, 0.4) is 0 Å². The maximum Gasteiger partial charge on any atom is 0.293 e. The lowest BCUT2D eigenvalue weighted by Crippen LogP contribution is -2.41. The molecule has 2 aromatic carbocycles. The number of carbonyl (C=O) groups excluding carboxylic acids is 3. The van der Waals surface area contributed by atoms with Crippen LogP contribution in [-0.2, 0) is 15.0 Å². The molecule has 7 heteroatoms. The number of nitrogens with zero attached hydrogens (tertiary/aromatic N) is 1. The van der Waals surface area contributed by atoms with Gasteiger partial charge in [-0.2, -0.15) is 0 Å². The standard InChI is InChI=1S/C22H19FN2O3S/c23-17-9-5-4-6-15(17)14-18-19(26)25(21(28)29-18)13-12-24-20(27)22(10-11-22)16-7-2-1-3-8-16/h1-9,14H,10-13H2,(H,24,27). The maximum atomic E-state index is 13.8. The van der Waals surface area contributed by atoms with Crippen LogP contribution in [0.15, 0.2) is 59.5 Å². The minimum Gasteiger partial charge on any atom is -0.354 e. The van der Waals surface area contributed by atoms with Gasteiger partial charge in [0.05, 0.1) is 10.3 Å². The van der Waals surface area contributed by atoms with E-state index in [0.717, 1.165) is 35.1 Å². The third-order valence-electron chi connectivity index (χ3n) is 5.20. The number of thioether (sulfide) groups is 1. The summed E-state index contributed by atoms with van der Waals surface area (Å²) in [5.41, 5.74) is 0.742. The van der Waals surface area contributed by atoms with Crippen molar-refractivity contribution in [3.8, 4) is 0 Å². The Bertz CT molecular complexity index is 1000. The fourth-order valence-corrected chi connectivity index (χ4v) is 4.26. The first-order valence-corrected chi connectivity index (χ1v) is 10.2. The Morgan fingerprint density at radius 1 is 1.10 bits per heavy atom. The SMILES string of the molecule is O=C1SC(=Cc2ccccc2F)C(=O)N1CCNC(=O)C1(c2ccccc2)CC1. The molecule has 0 atom stereocenters. The van der Waals surface area contributed by atoms with Crippen molar-refractivity contribution in [2.24, 2.45) is 0 Å². The summed E-state index contributed by atoms with van der Waals surface area (Å²) < 4.78 is 13.8. The van der Waals surface area contributed by atoms with Gasteiger partial charge in [-0.25, -0.2) is 4.39 Å². The molecule has 2 aliphatic rings. The van der Waals surface area contributed by atoms with Gasteiger partial charge in [-0.15, -0.1) is 0 Å². The molecular formula is C22H19FN2O3S. The summed E-state index contributed by atoms with van der Waals surface area (Å²) in [6.07, 6.45) is 2.96. The lowest BCUT2D eigenvalue weighted by atomic mass is 9.95. The normalized spacial score (nSPS) is 18.9. The zero-order valence-electron chi connectivity index (χ0n) is 15.6. The quantitative estimate of drug-likeness (QED) is 0.738. The Balaban J connectivity index is 1.37. The van der Waals surface area contributed by atoms with Gasteiger partial charge in [0.15, 0.2) is 0 Å². The highest BCUT2D eigenvalue weighted by atomic mass is 32.2. The third-order valence-corrected chi connectivity index (χ3v) is 6.10. The Morgan fingerprint density at radius 2 is 1.79 bits per heavy atom. The molecule has 148 valence electrons. The van der Waals surface area contributed by atoms with Crippen LogP contribution in [0.5, 0.6) is 0 Å². The smallest absolute Gasteiger partial charge is 0.293 e. The van der Waals surface area contributed by atoms with Crippen molar-refractivity contribution in [3.63, 3.8) is 0 Å². The lowest BCUT2D eigenvalue weighted by molar-refractivity contribution is -0.125. The van der Waals surface area contributed by atoms with Gasteiger partial charge in [0.1, 0.15) is 5.82 Å². The molecule has 0 radical (unpaired) electrons. The second kappa shape index (κ2) is 7.83. The fourth-order valence-electron chi connectivity index (χ4n) is 3.41. The van der Waals surface area contributed by atoms with Crippen LogP contribution < -0.4 is 5.32 Å². The molecule has 0 bridgehead atoms. The molecule has 0 aromatic heterocycles. The molecule has 1 aliphatic heterocycles. The topological polar surface area (TPSA) is 66.5 Å². The minimum absolute atomic E-state index is 0.0793. The van der Waals surface area contributed by atoms with Crippen molar-refractivity contribution in [2.75, 3.05) is 13.1 Å². The largest absolute Gasteiger partial charge is 0.354 e. The van der Waals surface area contributed by atoms with Crippen molar-refractivity contribution < 1.29 is 18.8 Å². The number of hydrogen-bond acceptors (Lipinski definition) is 4. The first kappa shape index (κ1) is 19.4. The van der Waals surface area contributed by atoms with Gasteiger partial charge in [0, 0.05) is 18.7 Å². The van der Waals surface area contributed by atoms with E-state index in [9.17, 15) is 18.8 Å². The summed E-state index contributed by atoms with van der Waals surface area (Å²) in [5.74, 6) is -1.01. The summed E-state index contributed by atoms with van der Waals surface area (Å²) in [6, 6.07) is 15.7. The van der Waals surface area contributed by atoms with Crippen LogP contribution in [0, 0.1) is 5.82 Å². The Kier molecular flexibility index (Phi) is 5.24.